The molecule has 0 spiro atoms. The highest BCUT2D eigenvalue weighted by atomic mass is 16.4. The van der Waals surface area contributed by atoms with Gasteiger partial charge in [0.05, 0.1) is 11.7 Å². The minimum atomic E-state index is -1.71. The number of aliphatic hydroxyl groups excluding tert-OH is 2. The number of aliphatic hydroxyl groups is 2. The third-order valence-electron chi connectivity index (χ3n) is 5.03. The Kier molecular flexibility index (Phi) is 6.08. The third kappa shape index (κ3) is 3.83. The van der Waals surface area contributed by atoms with Gasteiger partial charge in [-0.3, -0.25) is 9.59 Å². The smallest absolute Gasteiger partial charge is 0.333 e. The quantitative estimate of drug-likeness (QED) is 0.336. The maximum atomic E-state index is 13.3. The standard InChI is InChI=1S/C22H20N2O8/c1-9-6-11(8-25)15(14(28)7-9)17-19(24-23-18(10(2)26)22(31)32)21(30)16-12(20(17)29)4-3-5-13(16)27/h3-8,10,18-19,26-29H,1-2H3,(H,31,32)/t10-,18-,19?/m0/s1. The number of carboxylic acids is 1. The van der Waals surface area contributed by atoms with Crippen molar-refractivity contribution in [3.05, 3.63) is 58.1 Å². The Bertz CT molecular complexity index is 1180. The highest BCUT2D eigenvalue weighted by Gasteiger charge is 2.40. The lowest BCUT2D eigenvalue weighted by Crippen LogP contribution is -2.31. The number of ketones is 1. The molecule has 10 heteroatoms. The molecule has 1 aliphatic rings. The minimum Gasteiger partial charge on any atom is -0.507 e. The number of carbonyl (C=O) groups is 3. The van der Waals surface area contributed by atoms with E-state index in [9.17, 15) is 39.9 Å². The van der Waals surface area contributed by atoms with Gasteiger partial charge in [0.2, 0.25) is 0 Å². The zero-order valence-electron chi connectivity index (χ0n) is 17.1. The van der Waals surface area contributed by atoms with E-state index in [1.165, 1.54) is 37.3 Å². The fourth-order valence-electron chi connectivity index (χ4n) is 3.58. The summed E-state index contributed by atoms with van der Waals surface area (Å²) in [7, 11) is 0. The summed E-state index contributed by atoms with van der Waals surface area (Å²) in [5, 5.41) is 58.0. The molecule has 0 fully saturated rings. The SMILES string of the molecule is Cc1cc(O)c(C2=C(O)c3cccc(O)c3C(=O)C2N=N[C@H](C(=O)O)[C@H](C)O)c(C=O)c1. The predicted octanol–water partition coefficient (Wildman–Crippen LogP) is 2.50. The van der Waals surface area contributed by atoms with Crippen LogP contribution in [0.1, 0.15) is 44.3 Å². The molecule has 0 aliphatic heterocycles. The molecule has 0 heterocycles. The molecule has 0 saturated heterocycles. The second kappa shape index (κ2) is 8.60. The number of carboxylic acid groups (broad SMARTS) is 1. The van der Waals surface area contributed by atoms with Gasteiger partial charge in [0.1, 0.15) is 17.3 Å². The van der Waals surface area contributed by atoms with Crippen LogP contribution in [0.15, 0.2) is 40.6 Å². The molecule has 10 nitrogen and oxygen atoms in total. The van der Waals surface area contributed by atoms with Crippen LogP contribution in [0.4, 0.5) is 0 Å². The molecule has 166 valence electrons. The highest BCUT2D eigenvalue weighted by molar-refractivity contribution is 6.20. The summed E-state index contributed by atoms with van der Waals surface area (Å²) in [5.74, 6) is -3.77. The number of carbonyl (C=O) groups excluding carboxylic acids is 2. The third-order valence-corrected chi connectivity index (χ3v) is 5.03. The first-order valence-corrected chi connectivity index (χ1v) is 9.48. The number of aromatic hydroxyl groups is 2. The zero-order valence-corrected chi connectivity index (χ0v) is 17.1. The van der Waals surface area contributed by atoms with Crippen LogP contribution >= 0.6 is 0 Å². The van der Waals surface area contributed by atoms with Crippen LogP contribution in [0.2, 0.25) is 0 Å². The molecule has 32 heavy (non-hydrogen) atoms. The molecule has 3 rings (SSSR count). The van der Waals surface area contributed by atoms with Crippen LogP contribution < -0.4 is 0 Å². The van der Waals surface area contributed by atoms with Gasteiger partial charge in [-0.15, -0.1) is 0 Å². The van der Waals surface area contributed by atoms with E-state index in [4.69, 9.17) is 0 Å². The van der Waals surface area contributed by atoms with Crippen LogP contribution in [0.25, 0.3) is 11.3 Å². The van der Waals surface area contributed by atoms with Crippen LogP contribution in [0.3, 0.4) is 0 Å². The highest BCUT2D eigenvalue weighted by Crippen LogP contribution is 2.44. The number of aldehydes is 1. The van der Waals surface area contributed by atoms with Gasteiger partial charge < -0.3 is 25.5 Å². The van der Waals surface area contributed by atoms with Crippen LogP contribution in [0.5, 0.6) is 11.5 Å². The Morgan fingerprint density at radius 3 is 2.41 bits per heavy atom. The van der Waals surface area contributed by atoms with Gasteiger partial charge in [0.15, 0.2) is 24.2 Å². The van der Waals surface area contributed by atoms with Gasteiger partial charge in [-0.05, 0) is 37.6 Å². The molecule has 0 bridgehead atoms. The lowest BCUT2D eigenvalue weighted by Gasteiger charge is -2.26. The average molecular weight is 440 g/mol. The number of phenolic OH excluding ortho intramolecular Hbond substituents is 2. The summed E-state index contributed by atoms with van der Waals surface area (Å²) in [6.07, 6.45) is -1.02. The van der Waals surface area contributed by atoms with Crippen molar-refractivity contribution in [2.24, 2.45) is 10.2 Å². The molecule has 0 aromatic heterocycles. The maximum absolute atomic E-state index is 13.3. The van der Waals surface area contributed by atoms with E-state index in [1.807, 2.05) is 0 Å². The van der Waals surface area contributed by atoms with E-state index in [1.54, 1.807) is 6.92 Å². The largest absolute Gasteiger partial charge is 0.507 e. The molecular weight excluding hydrogens is 420 g/mol. The van der Waals surface area contributed by atoms with Gasteiger partial charge in [0.25, 0.3) is 0 Å². The lowest BCUT2D eigenvalue weighted by atomic mass is 9.80. The number of hydrogen-bond acceptors (Lipinski definition) is 9. The fourth-order valence-corrected chi connectivity index (χ4v) is 3.58. The maximum Gasteiger partial charge on any atom is 0.333 e. The number of aryl methyl sites for hydroxylation is 1. The van der Waals surface area contributed by atoms with Crippen molar-refractivity contribution in [1.82, 2.24) is 0 Å². The number of phenols is 2. The number of hydrogen-bond donors (Lipinski definition) is 5. The number of benzene rings is 2. The molecule has 1 unspecified atom stereocenters. The summed E-state index contributed by atoms with van der Waals surface area (Å²) >= 11 is 0. The Balaban J connectivity index is 2.34. The van der Waals surface area contributed by atoms with Crippen molar-refractivity contribution in [1.29, 1.82) is 0 Å². The summed E-state index contributed by atoms with van der Waals surface area (Å²) in [6.45, 7) is 2.80. The Morgan fingerprint density at radius 2 is 1.81 bits per heavy atom. The number of nitrogens with zero attached hydrogens (tertiary/aromatic N) is 2. The number of azo groups is 1. The van der Waals surface area contributed by atoms with Gasteiger partial charge >= 0.3 is 5.97 Å². The second-order valence-electron chi connectivity index (χ2n) is 7.35. The normalized spacial score (nSPS) is 17.8. The van der Waals surface area contributed by atoms with E-state index < -0.39 is 47.2 Å². The van der Waals surface area contributed by atoms with E-state index in [0.29, 0.717) is 11.8 Å². The first-order valence-electron chi connectivity index (χ1n) is 9.48. The van der Waals surface area contributed by atoms with E-state index in [2.05, 4.69) is 10.2 Å². The molecule has 5 N–H and O–H groups in total. The summed E-state index contributed by atoms with van der Waals surface area (Å²) in [5.41, 5.74) is -0.318. The monoisotopic (exact) mass is 440 g/mol. The summed E-state index contributed by atoms with van der Waals surface area (Å²) in [4.78, 5) is 36.3. The Hall–Kier alpha value is -4.05. The molecular formula is C22H20N2O8. The van der Waals surface area contributed by atoms with Crippen LogP contribution in [-0.4, -0.2) is 61.8 Å². The molecule has 3 atom stereocenters. The van der Waals surface area contributed by atoms with Crippen LogP contribution in [-0.2, 0) is 4.79 Å². The van der Waals surface area contributed by atoms with Crippen molar-refractivity contribution < 1.29 is 39.9 Å². The first-order chi connectivity index (χ1) is 15.1. The van der Waals surface area contributed by atoms with Crippen molar-refractivity contribution in [3.63, 3.8) is 0 Å². The number of fused-ring (bicyclic) bond motifs is 1. The van der Waals surface area contributed by atoms with Gasteiger partial charge in [0, 0.05) is 22.3 Å². The average Bonchev–Trinajstić information content (AvgIpc) is 2.71. The van der Waals surface area contributed by atoms with Crippen molar-refractivity contribution >= 4 is 29.4 Å². The number of aliphatic carboxylic acids is 1. The number of Topliss-reactive ketones (excluding diaryl/α,β-unsaturated/α-hetero) is 1. The van der Waals surface area contributed by atoms with Crippen molar-refractivity contribution in [2.45, 2.75) is 32.0 Å². The molecule has 0 saturated carbocycles. The molecule has 2 aromatic rings. The predicted molar refractivity (Wildman–Crippen MR) is 112 cm³/mol. The Morgan fingerprint density at radius 1 is 1.12 bits per heavy atom. The molecule has 1 aliphatic carbocycles. The number of rotatable bonds is 6. The molecule has 0 radical (unpaired) electrons. The Labute approximate surface area is 181 Å². The molecule has 2 aromatic carbocycles. The fraction of sp³-hybridized carbons (Fsp3) is 0.227. The molecule has 0 amide bonds. The summed E-state index contributed by atoms with van der Waals surface area (Å²) < 4.78 is 0. The minimum absolute atomic E-state index is 0.0500. The zero-order chi connectivity index (χ0) is 23.7. The summed E-state index contributed by atoms with van der Waals surface area (Å²) in [6, 6.07) is 3.29. The van der Waals surface area contributed by atoms with Crippen molar-refractivity contribution in [3.8, 4) is 11.5 Å². The topological polar surface area (TPSA) is 177 Å². The van der Waals surface area contributed by atoms with Gasteiger partial charge in [-0.25, -0.2) is 4.79 Å². The first kappa shape index (κ1) is 22.6. The van der Waals surface area contributed by atoms with E-state index in [-0.39, 0.29) is 27.8 Å². The van der Waals surface area contributed by atoms with E-state index in [0.717, 1.165) is 0 Å². The van der Waals surface area contributed by atoms with Crippen LogP contribution in [0, 0.1) is 6.92 Å². The van der Waals surface area contributed by atoms with Gasteiger partial charge in [-0.2, -0.15) is 10.2 Å². The van der Waals surface area contributed by atoms with Crippen molar-refractivity contribution in [2.75, 3.05) is 0 Å². The lowest BCUT2D eigenvalue weighted by molar-refractivity contribution is -0.141. The van der Waals surface area contributed by atoms with Gasteiger partial charge in [-0.1, -0.05) is 12.1 Å². The van der Waals surface area contributed by atoms with E-state index >= 15 is 0 Å². The second-order valence-corrected chi connectivity index (χ2v) is 7.35.